The molecule has 2 aromatic heterocycles. The molecule has 0 unspecified atom stereocenters. The van der Waals surface area contributed by atoms with E-state index in [2.05, 4.69) is 15.7 Å². The van der Waals surface area contributed by atoms with Crippen LogP contribution in [-0.4, -0.2) is 21.6 Å². The maximum Gasteiger partial charge on any atom is 0.274 e. The number of nitrogens with one attached hydrogen (secondary N) is 2. The van der Waals surface area contributed by atoms with Crippen molar-refractivity contribution in [1.82, 2.24) is 15.1 Å². The lowest BCUT2D eigenvalue weighted by atomic mass is 10.0. The van der Waals surface area contributed by atoms with Gasteiger partial charge in [0.15, 0.2) is 5.69 Å². The van der Waals surface area contributed by atoms with Gasteiger partial charge >= 0.3 is 0 Å². The number of benzene rings is 2. The Labute approximate surface area is 185 Å². The fourth-order valence-corrected chi connectivity index (χ4v) is 3.22. The summed E-state index contributed by atoms with van der Waals surface area (Å²) in [5, 5.41) is 9.82. The predicted molar refractivity (Wildman–Crippen MR) is 122 cm³/mol. The molecule has 0 aliphatic heterocycles. The monoisotopic (exact) mass is 426 g/mol. The molecule has 0 aliphatic carbocycles. The van der Waals surface area contributed by atoms with Crippen LogP contribution >= 0.6 is 0 Å². The molecule has 0 fully saturated rings. The molecule has 7 nitrogen and oxygen atoms in total. The minimum Gasteiger partial charge on any atom is -0.467 e. The minimum atomic E-state index is -0.411. The van der Waals surface area contributed by atoms with Gasteiger partial charge in [-0.25, -0.2) is 0 Å². The average molecular weight is 426 g/mol. The fraction of sp³-hybridized carbons (Fsp3) is 0.0800. The number of nitrogens with zero attached hydrogens (tertiary/aromatic N) is 2. The molecule has 2 aromatic carbocycles. The number of aryl methyl sites for hydroxylation is 1. The number of hydrogen-bond acceptors (Lipinski definition) is 4. The van der Waals surface area contributed by atoms with Crippen LogP contribution in [-0.2, 0) is 18.4 Å². The van der Waals surface area contributed by atoms with E-state index in [9.17, 15) is 9.59 Å². The maximum absolute atomic E-state index is 13.3. The van der Waals surface area contributed by atoms with Gasteiger partial charge in [-0.1, -0.05) is 60.7 Å². The number of rotatable bonds is 7. The lowest BCUT2D eigenvalue weighted by Crippen LogP contribution is -2.25. The van der Waals surface area contributed by atoms with Crippen LogP contribution in [0.25, 0.3) is 11.6 Å². The first-order valence-corrected chi connectivity index (χ1v) is 10.1. The zero-order valence-electron chi connectivity index (χ0n) is 17.5. The highest BCUT2D eigenvalue weighted by Gasteiger charge is 2.20. The van der Waals surface area contributed by atoms with Crippen LogP contribution < -0.4 is 10.6 Å². The number of anilines is 1. The summed E-state index contributed by atoms with van der Waals surface area (Å²) >= 11 is 0. The first-order chi connectivity index (χ1) is 15.6. The Morgan fingerprint density at radius 1 is 1.00 bits per heavy atom. The summed E-state index contributed by atoms with van der Waals surface area (Å²) in [5.74, 6) is -0.129. The Balaban J connectivity index is 1.59. The molecule has 160 valence electrons. The standard InChI is InChI=1S/C25H22N4O3/c1-29-17-22(23(28-29)25(31)26-16-20-13-8-14-32-20)27-24(30)21(19-11-6-3-7-12-19)15-18-9-4-2-5-10-18/h2-15,17H,16H2,1H3,(H,26,31)(H,27,30)/b21-15-. The molecule has 0 aliphatic rings. The van der Waals surface area contributed by atoms with Gasteiger partial charge in [0.25, 0.3) is 11.8 Å². The van der Waals surface area contributed by atoms with Crippen LogP contribution in [0.1, 0.15) is 27.4 Å². The number of carbonyl (C=O) groups is 2. The van der Waals surface area contributed by atoms with E-state index in [0.717, 1.165) is 11.1 Å². The molecule has 0 saturated carbocycles. The first kappa shape index (κ1) is 20.9. The third-order valence-electron chi connectivity index (χ3n) is 4.74. The summed E-state index contributed by atoms with van der Waals surface area (Å²) in [6.45, 7) is 0.221. The lowest BCUT2D eigenvalue weighted by Gasteiger charge is -2.10. The van der Waals surface area contributed by atoms with Gasteiger partial charge in [-0.3, -0.25) is 14.3 Å². The molecule has 32 heavy (non-hydrogen) atoms. The van der Waals surface area contributed by atoms with E-state index in [1.807, 2.05) is 66.7 Å². The molecule has 2 amide bonds. The SMILES string of the molecule is Cn1cc(NC(=O)/C(=C\c2ccccc2)c2ccccc2)c(C(=O)NCc2ccco2)n1. The van der Waals surface area contributed by atoms with Crippen LogP contribution in [0, 0.1) is 0 Å². The van der Waals surface area contributed by atoms with Gasteiger partial charge in [-0.05, 0) is 29.3 Å². The number of carbonyl (C=O) groups excluding carboxylic acids is 2. The Hall–Kier alpha value is -4.39. The van der Waals surface area contributed by atoms with Crippen molar-refractivity contribution in [3.05, 3.63) is 108 Å². The van der Waals surface area contributed by atoms with Gasteiger partial charge in [-0.2, -0.15) is 5.10 Å². The summed E-state index contributed by atoms with van der Waals surface area (Å²) < 4.78 is 6.73. The van der Waals surface area contributed by atoms with E-state index in [-0.39, 0.29) is 18.1 Å². The van der Waals surface area contributed by atoms with Crippen molar-refractivity contribution in [2.75, 3.05) is 5.32 Å². The van der Waals surface area contributed by atoms with E-state index in [0.29, 0.717) is 17.0 Å². The quantitative estimate of drug-likeness (QED) is 0.344. The molecule has 7 heteroatoms. The summed E-state index contributed by atoms with van der Waals surface area (Å²) in [7, 11) is 1.69. The molecule has 2 N–H and O–H groups in total. The maximum atomic E-state index is 13.3. The van der Waals surface area contributed by atoms with E-state index in [1.165, 1.54) is 10.9 Å². The third-order valence-corrected chi connectivity index (χ3v) is 4.74. The Kier molecular flexibility index (Phi) is 6.27. The Bertz CT molecular complexity index is 1230. The molecule has 0 spiro atoms. The molecular formula is C25H22N4O3. The Morgan fingerprint density at radius 2 is 1.72 bits per heavy atom. The Morgan fingerprint density at radius 3 is 2.41 bits per heavy atom. The van der Waals surface area contributed by atoms with Gasteiger partial charge in [0.1, 0.15) is 5.76 Å². The van der Waals surface area contributed by atoms with Gasteiger partial charge < -0.3 is 15.1 Å². The molecule has 0 radical (unpaired) electrons. The molecular weight excluding hydrogens is 404 g/mol. The number of aromatic nitrogens is 2. The summed E-state index contributed by atoms with van der Waals surface area (Å²) in [5.41, 5.74) is 2.58. The first-order valence-electron chi connectivity index (χ1n) is 10.1. The average Bonchev–Trinajstić information content (AvgIpc) is 3.46. The van der Waals surface area contributed by atoms with Crippen LogP contribution in [0.3, 0.4) is 0 Å². The lowest BCUT2D eigenvalue weighted by molar-refractivity contribution is -0.111. The second-order valence-electron chi connectivity index (χ2n) is 7.12. The van der Waals surface area contributed by atoms with Crippen LogP contribution in [0.4, 0.5) is 5.69 Å². The van der Waals surface area contributed by atoms with Crippen molar-refractivity contribution < 1.29 is 14.0 Å². The largest absolute Gasteiger partial charge is 0.467 e. The van der Waals surface area contributed by atoms with Crippen molar-refractivity contribution in [3.8, 4) is 0 Å². The van der Waals surface area contributed by atoms with Crippen LogP contribution in [0.15, 0.2) is 89.7 Å². The van der Waals surface area contributed by atoms with E-state index < -0.39 is 5.91 Å². The van der Waals surface area contributed by atoms with E-state index in [4.69, 9.17) is 4.42 Å². The van der Waals surface area contributed by atoms with Crippen molar-refractivity contribution in [2.45, 2.75) is 6.54 Å². The smallest absolute Gasteiger partial charge is 0.274 e. The van der Waals surface area contributed by atoms with Gasteiger partial charge in [0, 0.05) is 18.8 Å². The van der Waals surface area contributed by atoms with Crippen molar-refractivity contribution in [1.29, 1.82) is 0 Å². The highest BCUT2D eigenvalue weighted by molar-refractivity contribution is 6.29. The normalized spacial score (nSPS) is 11.2. The molecule has 0 bridgehead atoms. The third kappa shape index (κ3) is 5.02. The second-order valence-corrected chi connectivity index (χ2v) is 7.12. The zero-order valence-corrected chi connectivity index (χ0v) is 17.5. The van der Waals surface area contributed by atoms with Gasteiger partial charge in [0.05, 0.1) is 18.5 Å². The van der Waals surface area contributed by atoms with Crippen molar-refractivity contribution in [2.24, 2.45) is 7.05 Å². The summed E-state index contributed by atoms with van der Waals surface area (Å²) in [6.07, 6.45) is 4.96. The minimum absolute atomic E-state index is 0.125. The van der Waals surface area contributed by atoms with Crippen molar-refractivity contribution >= 4 is 29.2 Å². The molecule has 4 rings (SSSR count). The highest BCUT2D eigenvalue weighted by atomic mass is 16.3. The predicted octanol–water partition coefficient (Wildman–Crippen LogP) is 4.12. The summed E-state index contributed by atoms with van der Waals surface area (Å²) in [4.78, 5) is 26.0. The topological polar surface area (TPSA) is 89.2 Å². The van der Waals surface area contributed by atoms with Crippen LogP contribution in [0.2, 0.25) is 0 Å². The number of furan rings is 1. The van der Waals surface area contributed by atoms with Crippen molar-refractivity contribution in [3.63, 3.8) is 0 Å². The molecule has 2 heterocycles. The highest BCUT2D eigenvalue weighted by Crippen LogP contribution is 2.22. The van der Waals surface area contributed by atoms with Crippen LogP contribution in [0.5, 0.6) is 0 Å². The van der Waals surface area contributed by atoms with E-state index >= 15 is 0 Å². The van der Waals surface area contributed by atoms with Gasteiger partial charge in [-0.15, -0.1) is 0 Å². The number of amides is 2. The van der Waals surface area contributed by atoms with Gasteiger partial charge in [0.2, 0.25) is 0 Å². The molecule has 4 aromatic rings. The molecule has 0 saturated heterocycles. The number of hydrogen-bond donors (Lipinski definition) is 2. The molecule has 0 atom stereocenters. The zero-order chi connectivity index (χ0) is 22.3. The summed E-state index contributed by atoms with van der Waals surface area (Å²) in [6, 6.07) is 22.5. The second kappa shape index (κ2) is 9.61. The fourth-order valence-electron chi connectivity index (χ4n) is 3.22. The van der Waals surface area contributed by atoms with E-state index in [1.54, 1.807) is 25.4 Å².